The summed E-state index contributed by atoms with van der Waals surface area (Å²) >= 11 is 0. The van der Waals surface area contributed by atoms with Crippen molar-refractivity contribution in [2.75, 3.05) is 13.1 Å². The molecule has 20 heavy (non-hydrogen) atoms. The lowest BCUT2D eigenvalue weighted by molar-refractivity contribution is 0.323. The van der Waals surface area contributed by atoms with Gasteiger partial charge in [-0.3, -0.25) is 0 Å². The van der Waals surface area contributed by atoms with Crippen LogP contribution >= 0.6 is 0 Å². The normalized spacial score (nSPS) is 22.7. The van der Waals surface area contributed by atoms with Crippen LogP contribution in [0.5, 0.6) is 0 Å². The van der Waals surface area contributed by atoms with Crippen LogP contribution in [-0.2, 0) is 5.41 Å². The van der Waals surface area contributed by atoms with Crippen LogP contribution in [0.4, 0.5) is 4.39 Å². The molecule has 0 saturated carbocycles. The quantitative estimate of drug-likeness (QED) is 0.912. The van der Waals surface area contributed by atoms with Gasteiger partial charge in [-0.15, -0.1) is 0 Å². The van der Waals surface area contributed by atoms with Gasteiger partial charge < -0.3 is 5.32 Å². The highest BCUT2D eigenvalue weighted by molar-refractivity contribution is 5.62. The minimum Gasteiger partial charge on any atom is -0.316 e. The second-order valence-electron chi connectivity index (χ2n) is 5.62. The van der Waals surface area contributed by atoms with Gasteiger partial charge in [-0.25, -0.2) is 14.4 Å². The van der Waals surface area contributed by atoms with E-state index in [4.69, 9.17) is 0 Å². The molecule has 1 unspecified atom stereocenters. The first-order chi connectivity index (χ1) is 9.69. The smallest absolute Gasteiger partial charge is 0.135 e. The van der Waals surface area contributed by atoms with Crippen molar-refractivity contribution in [1.82, 2.24) is 15.3 Å². The maximum absolute atomic E-state index is 13.7. The zero-order chi connectivity index (χ0) is 14.0. The zero-order valence-electron chi connectivity index (χ0n) is 11.6. The van der Waals surface area contributed by atoms with E-state index in [1.54, 1.807) is 24.5 Å². The van der Waals surface area contributed by atoms with Crippen LogP contribution in [0.1, 0.15) is 25.6 Å². The molecule has 0 radical (unpaired) electrons. The molecule has 1 atom stereocenters. The van der Waals surface area contributed by atoms with Crippen LogP contribution in [0.3, 0.4) is 0 Å². The Bertz CT molecular complexity index is 589. The molecule has 0 aliphatic carbocycles. The van der Waals surface area contributed by atoms with Crippen molar-refractivity contribution in [2.24, 2.45) is 0 Å². The van der Waals surface area contributed by atoms with Crippen LogP contribution in [0.25, 0.3) is 11.1 Å². The molecule has 1 aliphatic rings. The van der Waals surface area contributed by atoms with Crippen LogP contribution in [-0.4, -0.2) is 23.1 Å². The first-order valence-electron chi connectivity index (χ1n) is 6.97. The summed E-state index contributed by atoms with van der Waals surface area (Å²) in [7, 11) is 0. The summed E-state index contributed by atoms with van der Waals surface area (Å²) in [6, 6.07) is 6.70. The molecule has 1 fully saturated rings. The molecule has 104 valence electrons. The molecule has 2 aromatic rings. The number of halogens is 1. The molecule has 3 nitrogen and oxygen atoms in total. The topological polar surface area (TPSA) is 37.8 Å². The standard InChI is InChI=1S/C16H18FN3/c1-16(7-4-8-18-11-16)15-19-9-12(10-20-15)13-5-2-3-6-14(13)17/h2-3,5-6,9-10,18H,4,7-8,11H2,1H3. The third-order valence-corrected chi connectivity index (χ3v) is 3.97. The molecular formula is C16H18FN3. The molecule has 1 aromatic carbocycles. The number of nitrogens with one attached hydrogen (secondary N) is 1. The van der Waals surface area contributed by atoms with Crippen LogP contribution < -0.4 is 5.32 Å². The van der Waals surface area contributed by atoms with Gasteiger partial charge in [0.2, 0.25) is 0 Å². The number of benzene rings is 1. The lowest BCUT2D eigenvalue weighted by Crippen LogP contribution is -2.42. The fraction of sp³-hybridized carbons (Fsp3) is 0.375. The van der Waals surface area contributed by atoms with Crippen molar-refractivity contribution >= 4 is 0 Å². The fourth-order valence-corrected chi connectivity index (χ4v) is 2.72. The molecule has 4 heteroatoms. The molecule has 2 heterocycles. The molecular weight excluding hydrogens is 253 g/mol. The van der Waals surface area contributed by atoms with Gasteiger partial charge in [0.1, 0.15) is 11.6 Å². The lowest BCUT2D eigenvalue weighted by Gasteiger charge is -2.32. The van der Waals surface area contributed by atoms with Gasteiger partial charge in [-0.2, -0.15) is 0 Å². The van der Waals surface area contributed by atoms with E-state index in [0.717, 1.165) is 37.3 Å². The lowest BCUT2D eigenvalue weighted by atomic mass is 9.82. The largest absolute Gasteiger partial charge is 0.316 e. The van der Waals surface area contributed by atoms with Crippen molar-refractivity contribution < 1.29 is 4.39 Å². The maximum atomic E-state index is 13.7. The molecule has 1 aromatic heterocycles. The Morgan fingerprint density at radius 2 is 1.95 bits per heavy atom. The molecule has 1 aliphatic heterocycles. The predicted octanol–water partition coefficient (Wildman–Crippen LogP) is 2.92. The first kappa shape index (κ1) is 13.2. The molecule has 0 spiro atoms. The number of hydrogen-bond donors (Lipinski definition) is 1. The summed E-state index contributed by atoms with van der Waals surface area (Å²) in [5.74, 6) is 0.596. The van der Waals surface area contributed by atoms with E-state index < -0.39 is 0 Å². The molecule has 1 saturated heterocycles. The van der Waals surface area contributed by atoms with Crippen molar-refractivity contribution in [1.29, 1.82) is 0 Å². The van der Waals surface area contributed by atoms with Gasteiger partial charge in [-0.1, -0.05) is 25.1 Å². The number of rotatable bonds is 2. The second-order valence-corrected chi connectivity index (χ2v) is 5.62. The summed E-state index contributed by atoms with van der Waals surface area (Å²) in [6.07, 6.45) is 5.66. The number of aromatic nitrogens is 2. The summed E-state index contributed by atoms with van der Waals surface area (Å²) in [5.41, 5.74) is 1.25. The predicted molar refractivity (Wildman–Crippen MR) is 76.9 cm³/mol. The maximum Gasteiger partial charge on any atom is 0.135 e. The van der Waals surface area contributed by atoms with Gasteiger partial charge in [0, 0.05) is 35.5 Å². The van der Waals surface area contributed by atoms with E-state index in [9.17, 15) is 4.39 Å². The van der Waals surface area contributed by atoms with E-state index >= 15 is 0 Å². The highest BCUT2D eigenvalue weighted by Gasteiger charge is 2.31. The summed E-state index contributed by atoms with van der Waals surface area (Å²) in [6.45, 7) is 4.13. The van der Waals surface area contributed by atoms with Crippen molar-refractivity contribution in [3.8, 4) is 11.1 Å². The van der Waals surface area contributed by atoms with E-state index in [-0.39, 0.29) is 11.2 Å². The highest BCUT2D eigenvalue weighted by Crippen LogP contribution is 2.29. The average Bonchev–Trinajstić information content (AvgIpc) is 2.49. The number of hydrogen-bond acceptors (Lipinski definition) is 3. The van der Waals surface area contributed by atoms with Crippen LogP contribution in [0, 0.1) is 5.82 Å². The van der Waals surface area contributed by atoms with Crippen LogP contribution in [0.2, 0.25) is 0 Å². The Kier molecular flexibility index (Phi) is 3.49. The van der Waals surface area contributed by atoms with Crippen molar-refractivity contribution in [2.45, 2.75) is 25.2 Å². The minimum absolute atomic E-state index is 0.0218. The Balaban J connectivity index is 1.90. The van der Waals surface area contributed by atoms with Crippen molar-refractivity contribution in [3.63, 3.8) is 0 Å². The monoisotopic (exact) mass is 271 g/mol. The number of nitrogens with zero attached hydrogens (tertiary/aromatic N) is 2. The van der Waals surface area contributed by atoms with Crippen molar-refractivity contribution in [3.05, 3.63) is 48.3 Å². The van der Waals surface area contributed by atoms with Gasteiger partial charge in [0.15, 0.2) is 0 Å². The molecule has 1 N–H and O–H groups in total. The third-order valence-electron chi connectivity index (χ3n) is 3.97. The molecule has 0 amide bonds. The Morgan fingerprint density at radius 3 is 2.60 bits per heavy atom. The van der Waals surface area contributed by atoms with Gasteiger partial charge in [0.25, 0.3) is 0 Å². The Hall–Kier alpha value is -1.81. The Morgan fingerprint density at radius 1 is 1.20 bits per heavy atom. The summed E-state index contributed by atoms with van der Waals surface area (Å²) < 4.78 is 13.7. The summed E-state index contributed by atoms with van der Waals surface area (Å²) in [5, 5.41) is 3.39. The Labute approximate surface area is 118 Å². The highest BCUT2D eigenvalue weighted by atomic mass is 19.1. The second kappa shape index (κ2) is 5.29. The molecule has 0 bridgehead atoms. The van der Waals surface area contributed by atoms with E-state index in [1.165, 1.54) is 6.07 Å². The van der Waals surface area contributed by atoms with Crippen LogP contribution in [0.15, 0.2) is 36.7 Å². The van der Waals surface area contributed by atoms with Gasteiger partial charge in [-0.05, 0) is 25.5 Å². The number of piperidine rings is 1. The third kappa shape index (κ3) is 2.43. The van der Waals surface area contributed by atoms with Gasteiger partial charge in [0.05, 0.1) is 0 Å². The van der Waals surface area contributed by atoms with E-state index in [0.29, 0.717) is 5.56 Å². The molecule has 3 rings (SSSR count). The summed E-state index contributed by atoms with van der Waals surface area (Å²) in [4.78, 5) is 8.95. The minimum atomic E-state index is -0.241. The van der Waals surface area contributed by atoms with E-state index in [1.807, 2.05) is 6.07 Å². The first-order valence-corrected chi connectivity index (χ1v) is 6.97. The van der Waals surface area contributed by atoms with Gasteiger partial charge >= 0.3 is 0 Å². The average molecular weight is 271 g/mol. The fourth-order valence-electron chi connectivity index (χ4n) is 2.72. The van der Waals surface area contributed by atoms with E-state index in [2.05, 4.69) is 22.2 Å². The zero-order valence-corrected chi connectivity index (χ0v) is 11.6. The SMILES string of the molecule is CC1(c2ncc(-c3ccccc3F)cn2)CCCNC1.